The highest BCUT2D eigenvalue weighted by Gasteiger charge is 2.05. The highest BCUT2D eigenvalue weighted by atomic mass is 16.3. The number of nitrogens with zero attached hydrogens (tertiary/aromatic N) is 2. The molecule has 1 rings (SSSR count). The molecule has 4 heteroatoms. The lowest BCUT2D eigenvalue weighted by Gasteiger charge is -2.13. The predicted octanol–water partition coefficient (Wildman–Crippen LogP) is 1.79. The van der Waals surface area contributed by atoms with Crippen molar-refractivity contribution in [1.29, 1.82) is 0 Å². The van der Waals surface area contributed by atoms with Gasteiger partial charge in [-0.1, -0.05) is 20.3 Å². The zero-order valence-corrected chi connectivity index (χ0v) is 11.0. The second kappa shape index (κ2) is 8.25. The van der Waals surface area contributed by atoms with Crippen molar-refractivity contribution in [1.82, 2.24) is 15.1 Å². The first-order valence-electron chi connectivity index (χ1n) is 6.63. The van der Waals surface area contributed by atoms with Crippen molar-refractivity contribution in [3.05, 3.63) is 18.0 Å². The van der Waals surface area contributed by atoms with E-state index in [1.807, 2.05) is 10.9 Å². The van der Waals surface area contributed by atoms with Gasteiger partial charge in [-0.3, -0.25) is 4.68 Å². The van der Waals surface area contributed by atoms with Gasteiger partial charge in [0.25, 0.3) is 0 Å². The smallest absolute Gasteiger partial charge is 0.0534 e. The minimum absolute atomic E-state index is 0.286. The summed E-state index contributed by atoms with van der Waals surface area (Å²) in [6, 6.07) is 0. The minimum atomic E-state index is 0.286. The quantitative estimate of drug-likeness (QED) is 0.691. The Labute approximate surface area is 104 Å². The largest absolute Gasteiger partial charge is 0.396 e. The second-order valence-electron chi connectivity index (χ2n) is 4.53. The number of hydrogen-bond donors (Lipinski definition) is 2. The van der Waals surface area contributed by atoms with Gasteiger partial charge in [0.2, 0.25) is 0 Å². The SMILES string of the molecule is CCCn1cc(CNCC(CC)CCO)cn1. The van der Waals surface area contributed by atoms with Crippen LogP contribution in [0.15, 0.2) is 12.4 Å². The molecule has 0 saturated heterocycles. The fourth-order valence-corrected chi connectivity index (χ4v) is 1.90. The highest BCUT2D eigenvalue weighted by molar-refractivity contribution is 5.03. The molecule has 0 aliphatic carbocycles. The Morgan fingerprint density at radius 2 is 2.29 bits per heavy atom. The standard InChI is InChI=1S/C13H25N3O/c1-3-6-16-11-13(10-15-16)9-14-8-12(4-2)5-7-17/h10-12,14,17H,3-9H2,1-2H3. The molecule has 0 aliphatic heterocycles. The van der Waals surface area contributed by atoms with Crippen LogP contribution >= 0.6 is 0 Å². The van der Waals surface area contributed by atoms with Gasteiger partial charge in [-0.25, -0.2) is 0 Å². The normalized spacial score (nSPS) is 12.9. The van der Waals surface area contributed by atoms with Crippen molar-refractivity contribution in [3.8, 4) is 0 Å². The fourth-order valence-electron chi connectivity index (χ4n) is 1.90. The van der Waals surface area contributed by atoms with Gasteiger partial charge in [0.15, 0.2) is 0 Å². The lowest BCUT2D eigenvalue weighted by molar-refractivity contribution is 0.251. The zero-order valence-electron chi connectivity index (χ0n) is 11.0. The molecule has 0 aromatic carbocycles. The first-order valence-corrected chi connectivity index (χ1v) is 6.63. The first kappa shape index (κ1) is 14.2. The summed E-state index contributed by atoms with van der Waals surface area (Å²) in [4.78, 5) is 0. The third kappa shape index (κ3) is 5.33. The fraction of sp³-hybridized carbons (Fsp3) is 0.769. The van der Waals surface area contributed by atoms with Gasteiger partial charge < -0.3 is 10.4 Å². The van der Waals surface area contributed by atoms with Crippen LogP contribution in [-0.2, 0) is 13.1 Å². The van der Waals surface area contributed by atoms with Crippen LogP contribution in [-0.4, -0.2) is 28.0 Å². The lowest BCUT2D eigenvalue weighted by atomic mass is 10.0. The summed E-state index contributed by atoms with van der Waals surface area (Å²) in [6.07, 6.45) is 7.14. The third-order valence-corrected chi connectivity index (χ3v) is 3.02. The average molecular weight is 239 g/mol. The molecule has 98 valence electrons. The van der Waals surface area contributed by atoms with Crippen molar-refractivity contribution < 1.29 is 5.11 Å². The van der Waals surface area contributed by atoms with Crippen LogP contribution in [0.5, 0.6) is 0 Å². The number of aliphatic hydroxyl groups excluding tert-OH is 1. The molecule has 0 saturated carbocycles. The summed E-state index contributed by atoms with van der Waals surface area (Å²) >= 11 is 0. The Morgan fingerprint density at radius 3 is 2.94 bits per heavy atom. The Kier molecular flexibility index (Phi) is 6.89. The van der Waals surface area contributed by atoms with Crippen LogP contribution < -0.4 is 5.32 Å². The summed E-state index contributed by atoms with van der Waals surface area (Å²) in [5.74, 6) is 0.575. The van der Waals surface area contributed by atoms with Gasteiger partial charge in [0.1, 0.15) is 0 Å². The van der Waals surface area contributed by atoms with E-state index >= 15 is 0 Å². The van der Waals surface area contributed by atoms with Gasteiger partial charge in [-0.15, -0.1) is 0 Å². The molecule has 17 heavy (non-hydrogen) atoms. The lowest BCUT2D eigenvalue weighted by Crippen LogP contribution is -2.22. The number of aromatic nitrogens is 2. The molecule has 1 atom stereocenters. The van der Waals surface area contributed by atoms with E-state index in [0.717, 1.165) is 38.9 Å². The monoisotopic (exact) mass is 239 g/mol. The van der Waals surface area contributed by atoms with E-state index in [1.165, 1.54) is 5.56 Å². The molecule has 0 radical (unpaired) electrons. The third-order valence-electron chi connectivity index (χ3n) is 3.02. The molecule has 4 nitrogen and oxygen atoms in total. The molecule has 1 heterocycles. The molecule has 0 bridgehead atoms. The topological polar surface area (TPSA) is 50.1 Å². The van der Waals surface area contributed by atoms with Gasteiger partial charge in [-0.05, 0) is 25.3 Å². The first-order chi connectivity index (χ1) is 8.30. The molecule has 1 aromatic heterocycles. The zero-order chi connectivity index (χ0) is 12.5. The summed E-state index contributed by atoms with van der Waals surface area (Å²) < 4.78 is 1.99. The number of aryl methyl sites for hydroxylation is 1. The summed E-state index contributed by atoms with van der Waals surface area (Å²) in [7, 11) is 0. The number of nitrogens with one attached hydrogen (secondary N) is 1. The van der Waals surface area contributed by atoms with Crippen molar-refractivity contribution in [2.75, 3.05) is 13.2 Å². The van der Waals surface area contributed by atoms with E-state index in [0.29, 0.717) is 5.92 Å². The molecule has 1 aromatic rings. The summed E-state index contributed by atoms with van der Waals surface area (Å²) in [5, 5.41) is 16.6. The van der Waals surface area contributed by atoms with Crippen LogP contribution in [0, 0.1) is 5.92 Å². The average Bonchev–Trinajstić information content (AvgIpc) is 2.76. The number of hydrogen-bond acceptors (Lipinski definition) is 3. The second-order valence-corrected chi connectivity index (χ2v) is 4.53. The van der Waals surface area contributed by atoms with Crippen molar-refractivity contribution >= 4 is 0 Å². The van der Waals surface area contributed by atoms with Crippen LogP contribution in [0.4, 0.5) is 0 Å². The molecular weight excluding hydrogens is 214 g/mol. The van der Waals surface area contributed by atoms with E-state index in [-0.39, 0.29) is 6.61 Å². The highest BCUT2D eigenvalue weighted by Crippen LogP contribution is 2.06. The van der Waals surface area contributed by atoms with Crippen LogP contribution in [0.1, 0.15) is 38.7 Å². The summed E-state index contributed by atoms with van der Waals surface area (Å²) in [6.45, 7) is 7.43. The van der Waals surface area contributed by atoms with Crippen LogP contribution in [0.2, 0.25) is 0 Å². The van der Waals surface area contributed by atoms with E-state index in [4.69, 9.17) is 5.11 Å². The van der Waals surface area contributed by atoms with E-state index < -0.39 is 0 Å². The number of rotatable bonds is 9. The molecule has 2 N–H and O–H groups in total. The molecule has 0 spiro atoms. The Balaban J connectivity index is 2.24. The predicted molar refractivity (Wildman–Crippen MR) is 69.7 cm³/mol. The Hall–Kier alpha value is -0.870. The maximum absolute atomic E-state index is 8.91. The molecule has 1 unspecified atom stereocenters. The van der Waals surface area contributed by atoms with E-state index in [9.17, 15) is 0 Å². The van der Waals surface area contributed by atoms with E-state index in [1.54, 1.807) is 0 Å². The van der Waals surface area contributed by atoms with Gasteiger partial charge >= 0.3 is 0 Å². The van der Waals surface area contributed by atoms with Crippen LogP contribution in [0.25, 0.3) is 0 Å². The maximum Gasteiger partial charge on any atom is 0.0534 e. The Morgan fingerprint density at radius 1 is 1.47 bits per heavy atom. The van der Waals surface area contributed by atoms with Gasteiger partial charge in [0.05, 0.1) is 6.20 Å². The number of aliphatic hydroxyl groups is 1. The van der Waals surface area contributed by atoms with Crippen molar-refractivity contribution in [2.45, 2.75) is 46.2 Å². The minimum Gasteiger partial charge on any atom is -0.396 e. The molecule has 0 aliphatic rings. The van der Waals surface area contributed by atoms with Crippen molar-refractivity contribution in [3.63, 3.8) is 0 Å². The summed E-state index contributed by atoms with van der Waals surface area (Å²) in [5.41, 5.74) is 1.23. The maximum atomic E-state index is 8.91. The van der Waals surface area contributed by atoms with Gasteiger partial charge in [0, 0.05) is 31.5 Å². The van der Waals surface area contributed by atoms with Crippen LogP contribution in [0.3, 0.4) is 0 Å². The van der Waals surface area contributed by atoms with E-state index in [2.05, 4.69) is 30.5 Å². The molecule has 0 fully saturated rings. The molecular formula is C13H25N3O. The van der Waals surface area contributed by atoms with Crippen molar-refractivity contribution in [2.24, 2.45) is 5.92 Å². The Bertz CT molecular complexity index is 299. The van der Waals surface area contributed by atoms with Gasteiger partial charge in [-0.2, -0.15) is 5.10 Å². The molecule has 0 amide bonds.